The molecule has 0 amide bonds. The highest BCUT2D eigenvalue weighted by Crippen LogP contribution is 2.19. The van der Waals surface area contributed by atoms with E-state index >= 15 is 0 Å². The molecule has 1 rings (SSSR count). The first-order valence-corrected chi connectivity index (χ1v) is 7.02. The molecule has 3 nitrogen and oxygen atoms in total. The van der Waals surface area contributed by atoms with Crippen LogP contribution in [-0.4, -0.2) is 49.3 Å². The highest BCUT2D eigenvalue weighted by atomic mass is 16.5. The van der Waals surface area contributed by atoms with Gasteiger partial charge in [-0.2, -0.15) is 0 Å². The van der Waals surface area contributed by atoms with Crippen molar-refractivity contribution in [3.05, 3.63) is 0 Å². The maximum atomic E-state index is 5.70. The van der Waals surface area contributed by atoms with Gasteiger partial charge in [0.25, 0.3) is 0 Å². The number of hydrogen-bond donors (Lipinski definition) is 1. The fourth-order valence-corrected chi connectivity index (χ4v) is 2.24. The lowest BCUT2D eigenvalue weighted by atomic mass is 9.96. The van der Waals surface area contributed by atoms with E-state index in [1.807, 2.05) is 0 Å². The van der Waals surface area contributed by atoms with Crippen LogP contribution in [0, 0.1) is 5.92 Å². The normalized spacial score (nSPS) is 25.4. The van der Waals surface area contributed by atoms with E-state index in [1.54, 1.807) is 0 Å². The van der Waals surface area contributed by atoms with Crippen LogP contribution < -0.4 is 5.32 Å². The van der Waals surface area contributed by atoms with Gasteiger partial charge in [0.1, 0.15) is 0 Å². The van der Waals surface area contributed by atoms with Crippen LogP contribution in [0.3, 0.4) is 0 Å². The Labute approximate surface area is 107 Å². The van der Waals surface area contributed by atoms with E-state index in [1.165, 1.54) is 6.42 Å². The third-order valence-corrected chi connectivity index (χ3v) is 3.57. The average molecular weight is 242 g/mol. The molecule has 0 aromatic carbocycles. The molecule has 0 saturated carbocycles. The molecule has 1 saturated heterocycles. The second-order valence-corrected chi connectivity index (χ2v) is 6.21. The third kappa shape index (κ3) is 4.94. The van der Waals surface area contributed by atoms with Crippen LogP contribution in [0.5, 0.6) is 0 Å². The van der Waals surface area contributed by atoms with E-state index in [-0.39, 0.29) is 5.54 Å². The number of ether oxygens (including phenoxy) is 1. The molecular formula is C14H30N2O. The van der Waals surface area contributed by atoms with Gasteiger partial charge in [-0.25, -0.2) is 0 Å². The SMILES string of the molecule is CCC1CN(CCOCC(C)C)C(C)(C)CN1. The molecule has 1 unspecified atom stereocenters. The number of piperazine rings is 1. The Morgan fingerprint density at radius 3 is 2.71 bits per heavy atom. The quantitative estimate of drug-likeness (QED) is 0.722. The Morgan fingerprint density at radius 1 is 1.41 bits per heavy atom. The van der Waals surface area contributed by atoms with Crippen LogP contribution in [-0.2, 0) is 4.74 Å². The molecule has 1 heterocycles. The van der Waals surface area contributed by atoms with Gasteiger partial charge in [0, 0.05) is 37.8 Å². The summed E-state index contributed by atoms with van der Waals surface area (Å²) in [6, 6.07) is 0.646. The van der Waals surface area contributed by atoms with Crippen LogP contribution in [0.2, 0.25) is 0 Å². The zero-order valence-electron chi connectivity index (χ0n) is 12.3. The Kier molecular flexibility index (Phi) is 5.90. The standard InChI is InChI=1S/C14H30N2O/c1-6-13-9-16(14(4,5)11-15-13)7-8-17-10-12(2)3/h12-13,15H,6-11H2,1-5H3. The van der Waals surface area contributed by atoms with Gasteiger partial charge in [0.2, 0.25) is 0 Å². The Balaban J connectivity index is 2.32. The summed E-state index contributed by atoms with van der Waals surface area (Å²) in [5.41, 5.74) is 0.257. The minimum absolute atomic E-state index is 0.257. The van der Waals surface area contributed by atoms with Crippen molar-refractivity contribution in [1.29, 1.82) is 0 Å². The maximum absolute atomic E-state index is 5.70. The zero-order chi connectivity index (χ0) is 12.9. The van der Waals surface area contributed by atoms with Gasteiger partial charge < -0.3 is 10.1 Å². The van der Waals surface area contributed by atoms with Crippen molar-refractivity contribution in [3.8, 4) is 0 Å². The summed E-state index contributed by atoms with van der Waals surface area (Å²) in [7, 11) is 0. The third-order valence-electron chi connectivity index (χ3n) is 3.57. The molecule has 0 aromatic heterocycles. The number of nitrogens with one attached hydrogen (secondary N) is 1. The minimum atomic E-state index is 0.257. The monoisotopic (exact) mass is 242 g/mol. The average Bonchev–Trinajstić information content (AvgIpc) is 2.25. The van der Waals surface area contributed by atoms with Crippen molar-refractivity contribution < 1.29 is 4.74 Å². The van der Waals surface area contributed by atoms with E-state index in [9.17, 15) is 0 Å². The van der Waals surface area contributed by atoms with Crippen LogP contribution in [0.25, 0.3) is 0 Å². The fraction of sp³-hybridized carbons (Fsp3) is 1.00. The molecule has 102 valence electrons. The first kappa shape index (κ1) is 14.9. The van der Waals surface area contributed by atoms with E-state index in [0.717, 1.165) is 32.8 Å². The molecule has 17 heavy (non-hydrogen) atoms. The lowest BCUT2D eigenvalue weighted by molar-refractivity contribution is 0.0226. The van der Waals surface area contributed by atoms with Crippen LogP contribution in [0.4, 0.5) is 0 Å². The van der Waals surface area contributed by atoms with E-state index < -0.39 is 0 Å². The van der Waals surface area contributed by atoms with E-state index in [4.69, 9.17) is 4.74 Å². The lowest BCUT2D eigenvalue weighted by Gasteiger charge is -2.46. The van der Waals surface area contributed by atoms with Gasteiger partial charge in [-0.15, -0.1) is 0 Å². The van der Waals surface area contributed by atoms with Crippen molar-refractivity contribution in [2.75, 3.05) is 32.8 Å². The first-order chi connectivity index (χ1) is 7.95. The topological polar surface area (TPSA) is 24.5 Å². The van der Waals surface area contributed by atoms with Crippen molar-refractivity contribution in [2.24, 2.45) is 5.92 Å². The van der Waals surface area contributed by atoms with Crippen molar-refractivity contribution in [3.63, 3.8) is 0 Å². The largest absolute Gasteiger partial charge is 0.380 e. The molecule has 0 spiro atoms. The summed E-state index contributed by atoms with van der Waals surface area (Å²) in [5.74, 6) is 0.634. The summed E-state index contributed by atoms with van der Waals surface area (Å²) < 4.78 is 5.70. The van der Waals surface area contributed by atoms with Crippen LogP contribution in [0.1, 0.15) is 41.0 Å². The molecule has 1 aliphatic rings. The highest BCUT2D eigenvalue weighted by Gasteiger charge is 2.32. The van der Waals surface area contributed by atoms with E-state index in [0.29, 0.717) is 12.0 Å². The molecule has 1 aliphatic heterocycles. The van der Waals surface area contributed by atoms with Gasteiger partial charge in [-0.3, -0.25) is 4.90 Å². The summed E-state index contributed by atoms with van der Waals surface area (Å²) >= 11 is 0. The summed E-state index contributed by atoms with van der Waals surface area (Å²) in [5, 5.41) is 3.62. The van der Waals surface area contributed by atoms with Crippen LogP contribution >= 0.6 is 0 Å². The second-order valence-electron chi connectivity index (χ2n) is 6.21. The number of hydrogen-bond acceptors (Lipinski definition) is 3. The van der Waals surface area contributed by atoms with Gasteiger partial charge in [0.15, 0.2) is 0 Å². The van der Waals surface area contributed by atoms with Crippen molar-refractivity contribution in [2.45, 2.75) is 52.6 Å². The van der Waals surface area contributed by atoms with Gasteiger partial charge >= 0.3 is 0 Å². The fourth-order valence-electron chi connectivity index (χ4n) is 2.24. The molecule has 0 aliphatic carbocycles. The summed E-state index contributed by atoms with van der Waals surface area (Å²) in [6.07, 6.45) is 1.21. The lowest BCUT2D eigenvalue weighted by Crippen LogP contribution is -2.62. The summed E-state index contributed by atoms with van der Waals surface area (Å²) in [4.78, 5) is 2.57. The molecular weight excluding hydrogens is 212 g/mol. The molecule has 1 atom stereocenters. The number of rotatable bonds is 6. The predicted octanol–water partition coefficient (Wildman–Crippen LogP) is 2.12. The maximum Gasteiger partial charge on any atom is 0.0593 e. The predicted molar refractivity (Wildman–Crippen MR) is 73.4 cm³/mol. The number of nitrogens with zero attached hydrogens (tertiary/aromatic N) is 1. The first-order valence-electron chi connectivity index (χ1n) is 7.02. The summed E-state index contributed by atoms with van der Waals surface area (Å²) in [6.45, 7) is 16.3. The van der Waals surface area contributed by atoms with Crippen molar-refractivity contribution >= 4 is 0 Å². The molecule has 1 N–H and O–H groups in total. The minimum Gasteiger partial charge on any atom is -0.380 e. The second kappa shape index (κ2) is 6.72. The van der Waals surface area contributed by atoms with Gasteiger partial charge in [0.05, 0.1) is 6.61 Å². The van der Waals surface area contributed by atoms with Crippen molar-refractivity contribution in [1.82, 2.24) is 10.2 Å². The Morgan fingerprint density at radius 2 is 2.12 bits per heavy atom. The molecule has 0 bridgehead atoms. The smallest absolute Gasteiger partial charge is 0.0593 e. The zero-order valence-corrected chi connectivity index (χ0v) is 12.3. The molecule has 0 aromatic rings. The molecule has 1 fully saturated rings. The Hall–Kier alpha value is -0.120. The molecule has 0 radical (unpaired) electrons. The van der Waals surface area contributed by atoms with E-state index in [2.05, 4.69) is 44.8 Å². The molecule has 3 heteroatoms. The van der Waals surface area contributed by atoms with Crippen LogP contribution in [0.15, 0.2) is 0 Å². The Bertz CT molecular complexity index is 216. The highest BCUT2D eigenvalue weighted by molar-refractivity contribution is 4.92. The van der Waals surface area contributed by atoms with Gasteiger partial charge in [-0.1, -0.05) is 20.8 Å². The van der Waals surface area contributed by atoms with Gasteiger partial charge in [-0.05, 0) is 26.2 Å².